The van der Waals surface area contributed by atoms with E-state index < -0.39 is 11.9 Å². The molecule has 0 aliphatic rings. The van der Waals surface area contributed by atoms with Crippen LogP contribution in [0, 0.1) is 22.7 Å². The molecule has 0 aromatic heterocycles. The summed E-state index contributed by atoms with van der Waals surface area (Å²) in [7, 11) is 0. The lowest BCUT2D eigenvalue weighted by molar-refractivity contribution is -0.112. The predicted octanol–water partition coefficient (Wildman–Crippen LogP) is 5.80. The molecule has 168 valence electrons. The molecule has 9 heteroatoms. The standard InChI is InChI=1S/C25H15BrClN3O4/c26-21-9-15(10-22(27)23(21)34-14-18-5-2-1-4-17(18)12-28)8-19(13-29)24(31)30-20-7-3-6-16(11-20)25(32)33/h1-11H,14H2,(H,30,31)(H,32,33)/b19-8-. The molecule has 7 nitrogen and oxygen atoms in total. The Kier molecular flexibility index (Phi) is 8.05. The molecule has 2 N–H and O–H groups in total. The minimum absolute atomic E-state index is 0.00369. The third-order valence-electron chi connectivity index (χ3n) is 4.57. The highest BCUT2D eigenvalue weighted by Gasteiger charge is 2.14. The van der Waals surface area contributed by atoms with Crippen LogP contribution in [0.15, 0.2) is 70.7 Å². The van der Waals surface area contributed by atoms with E-state index in [1.807, 2.05) is 6.07 Å². The van der Waals surface area contributed by atoms with Crippen LogP contribution >= 0.6 is 27.5 Å². The lowest BCUT2D eigenvalue weighted by Crippen LogP contribution is -2.14. The van der Waals surface area contributed by atoms with Gasteiger partial charge in [0.05, 0.1) is 26.7 Å². The molecule has 0 heterocycles. The molecule has 0 spiro atoms. The van der Waals surface area contributed by atoms with Gasteiger partial charge in [-0.1, -0.05) is 35.9 Å². The summed E-state index contributed by atoms with van der Waals surface area (Å²) in [6.07, 6.45) is 1.35. The fraction of sp³-hybridized carbons (Fsp3) is 0.0400. The van der Waals surface area contributed by atoms with Crippen LogP contribution < -0.4 is 10.1 Å². The van der Waals surface area contributed by atoms with E-state index in [1.165, 1.54) is 36.4 Å². The first kappa shape index (κ1) is 24.5. The van der Waals surface area contributed by atoms with Crippen LogP contribution in [-0.4, -0.2) is 17.0 Å². The van der Waals surface area contributed by atoms with Gasteiger partial charge in [-0.05, 0) is 64.0 Å². The molecule has 0 unspecified atom stereocenters. The zero-order valence-corrected chi connectivity index (χ0v) is 19.7. The summed E-state index contributed by atoms with van der Waals surface area (Å²) in [6.45, 7) is 0.124. The Bertz CT molecular complexity index is 1370. The van der Waals surface area contributed by atoms with Gasteiger partial charge in [0.1, 0.15) is 18.2 Å². The fourth-order valence-corrected chi connectivity index (χ4v) is 3.94. The second-order valence-corrected chi connectivity index (χ2v) is 8.14. The summed E-state index contributed by atoms with van der Waals surface area (Å²) in [4.78, 5) is 23.6. The summed E-state index contributed by atoms with van der Waals surface area (Å²) in [5.41, 5.74) is 1.70. The van der Waals surface area contributed by atoms with Crippen molar-refractivity contribution in [1.82, 2.24) is 0 Å². The van der Waals surface area contributed by atoms with Gasteiger partial charge >= 0.3 is 5.97 Å². The van der Waals surface area contributed by atoms with Gasteiger partial charge in [0.25, 0.3) is 5.91 Å². The lowest BCUT2D eigenvalue weighted by atomic mass is 10.1. The number of rotatable bonds is 7. The number of hydrogen-bond donors (Lipinski definition) is 2. The molecular weight excluding hydrogens is 522 g/mol. The molecular formula is C25H15BrClN3O4. The van der Waals surface area contributed by atoms with Gasteiger partial charge in [-0.15, -0.1) is 0 Å². The minimum Gasteiger partial charge on any atom is -0.486 e. The van der Waals surface area contributed by atoms with Gasteiger partial charge in [-0.25, -0.2) is 4.79 Å². The number of benzene rings is 3. The maximum absolute atomic E-state index is 12.5. The molecule has 0 saturated carbocycles. The highest BCUT2D eigenvalue weighted by molar-refractivity contribution is 9.10. The summed E-state index contributed by atoms with van der Waals surface area (Å²) in [5, 5.41) is 30.5. The third-order valence-corrected chi connectivity index (χ3v) is 5.44. The molecule has 3 aromatic rings. The number of ether oxygens (including phenoxy) is 1. The van der Waals surface area contributed by atoms with Crippen molar-refractivity contribution in [1.29, 1.82) is 10.5 Å². The third kappa shape index (κ3) is 6.02. The van der Waals surface area contributed by atoms with E-state index in [9.17, 15) is 20.1 Å². The average molecular weight is 537 g/mol. The molecule has 0 aliphatic heterocycles. The number of aromatic carboxylic acids is 1. The van der Waals surface area contributed by atoms with Crippen molar-refractivity contribution in [3.8, 4) is 17.9 Å². The van der Waals surface area contributed by atoms with E-state index in [2.05, 4.69) is 27.3 Å². The lowest BCUT2D eigenvalue weighted by Gasteiger charge is -2.12. The smallest absolute Gasteiger partial charge is 0.335 e. The molecule has 0 atom stereocenters. The van der Waals surface area contributed by atoms with Crippen LogP contribution in [0.4, 0.5) is 5.69 Å². The van der Waals surface area contributed by atoms with Crippen molar-refractivity contribution in [3.63, 3.8) is 0 Å². The molecule has 1 amide bonds. The van der Waals surface area contributed by atoms with Gasteiger partial charge in [0.15, 0.2) is 5.75 Å². The number of nitrogens with zero attached hydrogens (tertiary/aromatic N) is 2. The van der Waals surface area contributed by atoms with E-state index >= 15 is 0 Å². The monoisotopic (exact) mass is 535 g/mol. The van der Waals surface area contributed by atoms with Crippen molar-refractivity contribution in [2.75, 3.05) is 5.32 Å². The maximum atomic E-state index is 12.5. The molecule has 0 saturated heterocycles. The summed E-state index contributed by atoms with van der Waals surface area (Å²) < 4.78 is 6.29. The number of nitriles is 2. The summed E-state index contributed by atoms with van der Waals surface area (Å²) in [6, 6.07) is 19.8. The van der Waals surface area contributed by atoms with Gasteiger partial charge in [0.2, 0.25) is 0 Å². The quantitative estimate of drug-likeness (QED) is 0.291. The number of amides is 1. The predicted molar refractivity (Wildman–Crippen MR) is 130 cm³/mol. The molecule has 3 aromatic carbocycles. The molecule has 0 radical (unpaired) electrons. The maximum Gasteiger partial charge on any atom is 0.335 e. The largest absolute Gasteiger partial charge is 0.486 e. The number of nitrogens with one attached hydrogen (secondary N) is 1. The number of carboxylic acids is 1. The van der Waals surface area contributed by atoms with Crippen LogP contribution in [0.5, 0.6) is 5.75 Å². The van der Waals surface area contributed by atoms with Crippen molar-refractivity contribution in [2.24, 2.45) is 0 Å². The van der Waals surface area contributed by atoms with Crippen molar-refractivity contribution >= 4 is 51.2 Å². The van der Waals surface area contributed by atoms with Crippen molar-refractivity contribution < 1.29 is 19.4 Å². The Morgan fingerprint density at radius 1 is 1.12 bits per heavy atom. The normalized spacial score (nSPS) is 10.6. The second-order valence-electron chi connectivity index (χ2n) is 6.88. The minimum atomic E-state index is -1.13. The zero-order valence-electron chi connectivity index (χ0n) is 17.4. The molecule has 0 bridgehead atoms. The second kappa shape index (κ2) is 11.2. The number of carbonyl (C=O) groups excluding carboxylic acids is 1. The Morgan fingerprint density at radius 2 is 1.88 bits per heavy atom. The Labute approximate surface area is 208 Å². The van der Waals surface area contributed by atoms with Crippen molar-refractivity contribution in [2.45, 2.75) is 6.61 Å². The Balaban J connectivity index is 1.79. The first-order valence-electron chi connectivity index (χ1n) is 9.68. The highest BCUT2D eigenvalue weighted by atomic mass is 79.9. The Hall–Kier alpha value is -4.11. The summed E-state index contributed by atoms with van der Waals surface area (Å²) in [5.74, 6) is -1.49. The topological polar surface area (TPSA) is 123 Å². The van der Waals surface area contributed by atoms with Crippen LogP contribution in [0.25, 0.3) is 6.08 Å². The van der Waals surface area contributed by atoms with Gasteiger partial charge in [0, 0.05) is 11.3 Å². The molecule has 0 aliphatic carbocycles. The van der Waals surface area contributed by atoms with Gasteiger partial charge in [-0.2, -0.15) is 10.5 Å². The van der Waals surface area contributed by atoms with Gasteiger partial charge < -0.3 is 15.2 Å². The number of anilines is 1. The Morgan fingerprint density at radius 3 is 2.56 bits per heavy atom. The number of halogens is 2. The van der Waals surface area contributed by atoms with E-state index in [0.29, 0.717) is 26.9 Å². The van der Waals surface area contributed by atoms with E-state index in [-0.39, 0.29) is 28.5 Å². The molecule has 3 rings (SSSR count). The van der Waals surface area contributed by atoms with E-state index in [0.717, 1.165) is 0 Å². The molecule has 34 heavy (non-hydrogen) atoms. The first-order chi connectivity index (χ1) is 16.3. The fourth-order valence-electron chi connectivity index (χ4n) is 2.95. The zero-order chi connectivity index (χ0) is 24.7. The highest BCUT2D eigenvalue weighted by Crippen LogP contribution is 2.36. The van der Waals surface area contributed by atoms with Crippen LogP contribution in [0.1, 0.15) is 27.0 Å². The van der Waals surface area contributed by atoms with E-state index in [4.69, 9.17) is 21.4 Å². The van der Waals surface area contributed by atoms with E-state index in [1.54, 1.807) is 30.3 Å². The SMILES string of the molecule is N#C/C(=C/c1cc(Cl)c(OCc2ccccc2C#N)c(Br)c1)C(=O)Nc1cccc(C(=O)O)c1. The number of hydrogen-bond acceptors (Lipinski definition) is 5. The van der Waals surface area contributed by atoms with Crippen LogP contribution in [-0.2, 0) is 11.4 Å². The first-order valence-corrected chi connectivity index (χ1v) is 10.9. The van der Waals surface area contributed by atoms with Crippen molar-refractivity contribution in [3.05, 3.63) is 98.0 Å². The van der Waals surface area contributed by atoms with Gasteiger partial charge in [-0.3, -0.25) is 4.79 Å². The molecule has 0 fully saturated rings. The number of carboxylic acid groups (broad SMARTS) is 1. The summed E-state index contributed by atoms with van der Waals surface area (Å²) >= 11 is 9.76. The van der Waals surface area contributed by atoms with Crippen LogP contribution in [0.3, 0.4) is 0 Å². The van der Waals surface area contributed by atoms with Crippen LogP contribution in [0.2, 0.25) is 5.02 Å². The number of carbonyl (C=O) groups is 2. The average Bonchev–Trinajstić information content (AvgIpc) is 2.82.